The van der Waals surface area contributed by atoms with Crippen LogP contribution in [0.1, 0.15) is 22.0 Å². The van der Waals surface area contributed by atoms with Crippen LogP contribution in [0.4, 0.5) is 0 Å². The van der Waals surface area contributed by atoms with Crippen molar-refractivity contribution in [1.29, 1.82) is 0 Å². The van der Waals surface area contributed by atoms with Gasteiger partial charge in [0.15, 0.2) is 0 Å². The molecule has 0 atom stereocenters. The van der Waals surface area contributed by atoms with E-state index < -0.39 is 5.97 Å². The van der Waals surface area contributed by atoms with E-state index in [0.717, 1.165) is 23.9 Å². The van der Waals surface area contributed by atoms with Gasteiger partial charge in [-0.3, -0.25) is 0 Å². The minimum absolute atomic E-state index is 0.502. The lowest BCUT2D eigenvalue weighted by atomic mass is 10.2. The Morgan fingerprint density at radius 3 is 2.90 bits per heavy atom. The van der Waals surface area contributed by atoms with E-state index in [9.17, 15) is 4.79 Å². The van der Waals surface area contributed by atoms with Crippen LogP contribution in [0, 0.1) is 13.8 Å². The normalized spacial score (nSPS) is 11.0. The number of thiazole rings is 1. The largest absolute Gasteiger partial charge is 0.491 e. The smallest absolute Gasteiger partial charge is 0.328 e. The molecule has 6 heteroatoms. The van der Waals surface area contributed by atoms with Crippen molar-refractivity contribution in [3.05, 3.63) is 45.7 Å². The van der Waals surface area contributed by atoms with Crippen molar-refractivity contribution in [3.8, 4) is 5.75 Å². The average Bonchev–Trinajstić information content (AvgIpc) is 2.84. The Morgan fingerprint density at radius 1 is 1.43 bits per heavy atom. The third-order valence-electron chi connectivity index (χ3n) is 2.84. The van der Waals surface area contributed by atoms with Crippen molar-refractivity contribution in [1.82, 2.24) is 9.97 Å². The number of aryl methyl sites for hydroxylation is 2. The summed E-state index contributed by atoms with van der Waals surface area (Å²) < 4.78 is 5.72. The van der Waals surface area contributed by atoms with Crippen molar-refractivity contribution < 1.29 is 14.6 Å². The first-order valence-electron chi connectivity index (χ1n) is 6.46. The Kier molecular flexibility index (Phi) is 5.05. The topological polar surface area (TPSA) is 72.3 Å². The van der Waals surface area contributed by atoms with Gasteiger partial charge < -0.3 is 9.84 Å². The fourth-order valence-electron chi connectivity index (χ4n) is 1.78. The highest BCUT2D eigenvalue weighted by Gasteiger charge is 2.06. The molecule has 0 spiro atoms. The fraction of sp³-hybridized carbons (Fsp3) is 0.267. The number of aliphatic carboxylic acids is 1. The molecule has 110 valence electrons. The van der Waals surface area contributed by atoms with Gasteiger partial charge in [0.25, 0.3) is 0 Å². The summed E-state index contributed by atoms with van der Waals surface area (Å²) in [7, 11) is 0. The molecule has 0 aliphatic rings. The van der Waals surface area contributed by atoms with Crippen LogP contribution in [0.3, 0.4) is 0 Å². The van der Waals surface area contributed by atoms with Gasteiger partial charge in [-0.25, -0.2) is 14.8 Å². The van der Waals surface area contributed by atoms with Crippen LogP contribution in [0.15, 0.2) is 23.7 Å². The molecule has 0 unspecified atom stereocenters. The molecule has 0 radical (unpaired) electrons. The third-order valence-corrected chi connectivity index (χ3v) is 3.84. The summed E-state index contributed by atoms with van der Waals surface area (Å²) in [6.45, 7) is 4.32. The Labute approximate surface area is 127 Å². The zero-order valence-electron chi connectivity index (χ0n) is 11.9. The number of carboxylic acids is 1. The zero-order valence-corrected chi connectivity index (χ0v) is 12.7. The Hall–Kier alpha value is -2.21. The first-order chi connectivity index (χ1) is 10.1. The Morgan fingerprint density at radius 2 is 2.24 bits per heavy atom. The summed E-state index contributed by atoms with van der Waals surface area (Å²) in [6, 6.07) is 3.65. The van der Waals surface area contributed by atoms with Crippen LogP contribution >= 0.6 is 11.3 Å². The van der Waals surface area contributed by atoms with Gasteiger partial charge in [-0.1, -0.05) is 0 Å². The lowest BCUT2D eigenvalue weighted by Gasteiger charge is -2.09. The molecular formula is C15H16N2O3S. The van der Waals surface area contributed by atoms with Gasteiger partial charge in [-0.05, 0) is 32.1 Å². The van der Waals surface area contributed by atoms with Gasteiger partial charge in [-0.15, -0.1) is 11.3 Å². The number of hydrogen-bond donors (Lipinski definition) is 1. The van der Waals surface area contributed by atoms with Crippen molar-refractivity contribution in [3.63, 3.8) is 0 Å². The number of ether oxygens (including phenoxy) is 1. The standard InChI is InChI=1S/C15H16N2O3S/c1-10-3-5-13(12(17-10)4-6-15(18)19)20-8-7-14-11(2)16-9-21-14/h3-6,9H,7-8H2,1-2H3,(H,18,19). The summed E-state index contributed by atoms with van der Waals surface area (Å²) in [4.78, 5) is 20.3. The summed E-state index contributed by atoms with van der Waals surface area (Å²) >= 11 is 1.61. The second kappa shape index (κ2) is 6.99. The summed E-state index contributed by atoms with van der Waals surface area (Å²) in [5.74, 6) is -0.426. The minimum Gasteiger partial charge on any atom is -0.491 e. The monoisotopic (exact) mass is 304 g/mol. The van der Waals surface area contributed by atoms with Gasteiger partial charge in [0.05, 0.1) is 17.8 Å². The summed E-state index contributed by atoms with van der Waals surface area (Å²) in [6.07, 6.45) is 3.27. The Balaban J connectivity index is 2.05. The van der Waals surface area contributed by atoms with Gasteiger partial charge >= 0.3 is 5.97 Å². The van der Waals surface area contributed by atoms with E-state index in [0.29, 0.717) is 18.1 Å². The zero-order chi connectivity index (χ0) is 15.2. The number of hydrogen-bond acceptors (Lipinski definition) is 5. The molecule has 5 nitrogen and oxygen atoms in total. The molecule has 0 aliphatic carbocycles. The van der Waals surface area contributed by atoms with Gasteiger partial charge in [0.2, 0.25) is 0 Å². The van der Waals surface area contributed by atoms with Crippen LogP contribution in [-0.4, -0.2) is 27.7 Å². The maximum absolute atomic E-state index is 10.6. The lowest BCUT2D eigenvalue weighted by molar-refractivity contribution is -0.131. The number of carboxylic acid groups (broad SMARTS) is 1. The molecule has 0 aliphatic heterocycles. The molecule has 21 heavy (non-hydrogen) atoms. The number of rotatable bonds is 6. The predicted octanol–water partition coefficient (Wildman–Crippen LogP) is 2.87. The molecule has 2 rings (SSSR count). The van der Waals surface area contributed by atoms with E-state index in [2.05, 4.69) is 9.97 Å². The molecular weight excluding hydrogens is 288 g/mol. The third kappa shape index (κ3) is 4.39. The van der Waals surface area contributed by atoms with E-state index in [1.54, 1.807) is 11.3 Å². The fourth-order valence-corrected chi connectivity index (χ4v) is 2.54. The van der Waals surface area contributed by atoms with Crippen LogP contribution in [-0.2, 0) is 11.2 Å². The maximum atomic E-state index is 10.6. The number of aromatic nitrogens is 2. The van der Waals surface area contributed by atoms with Crippen molar-refractivity contribution in [2.45, 2.75) is 20.3 Å². The van der Waals surface area contributed by atoms with Crippen LogP contribution in [0.25, 0.3) is 6.08 Å². The van der Waals surface area contributed by atoms with E-state index in [-0.39, 0.29) is 0 Å². The van der Waals surface area contributed by atoms with Crippen molar-refractivity contribution in [2.24, 2.45) is 0 Å². The molecule has 0 bridgehead atoms. The molecule has 1 N–H and O–H groups in total. The minimum atomic E-state index is -1.01. The number of pyridine rings is 1. The second-order valence-electron chi connectivity index (χ2n) is 4.47. The van der Waals surface area contributed by atoms with E-state index >= 15 is 0 Å². The highest BCUT2D eigenvalue weighted by molar-refractivity contribution is 7.09. The number of carbonyl (C=O) groups is 1. The SMILES string of the molecule is Cc1ccc(OCCc2scnc2C)c(C=CC(=O)O)n1. The van der Waals surface area contributed by atoms with Crippen LogP contribution in [0.5, 0.6) is 5.75 Å². The highest BCUT2D eigenvalue weighted by atomic mass is 32.1. The molecule has 0 saturated carbocycles. The van der Waals surface area contributed by atoms with Gasteiger partial charge in [0, 0.05) is 23.1 Å². The van der Waals surface area contributed by atoms with Crippen molar-refractivity contribution in [2.75, 3.05) is 6.61 Å². The number of nitrogens with zero attached hydrogens (tertiary/aromatic N) is 2. The first kappa shape index (κ1) is 15.2. The lowest BCUT2D eigenvalue weighted by Crippen LogP contribution is -2.03. The second-order valence-corrected chi connectivity index (χ2v) is 5.41. The molecule has 0 aromatic carbocycles. The molecule has 0 saturated heterocycles. The average molecular weight is 304 g/mol. The quantitative estimate of drug-likeness (QED) is 0.831. The van der Waals surface area contributed by atoms with E-state index in [4.69, 9.17) is 9.84 Å². The van der Waals surface area contributed by atoms with Crippen molar-refractivity contribution >= 4 is 23.4 Å². The maximum Gasteiger partial charge on any atom is 0.328 e. The molecule has 2 heterocycles. The molecule has 0 fully saturated rings. The first-order valence-corrected chi connectivity index (χ1v) is 7.34. The molecule has 2 aromatic heterocycles. The highest BCUT2D eigenvalue weighted by Crippen LogP contribution is 2.20. The molecule has 0 amide bonds. The Bertz CT molecular complexity index is 665. The van der Waals surface area contributed by atoms with Gasteiger partial charge in [0.1, 0.15) is 11.4 Å². The summed E-state index contributed by atoms with van der Waals surface area (Å²) in [5, 5.41) is 8.71. The van der Waals surface area contributed by atoms with E-state index in [1.165, 1.54) is 11.0 Å². The van der Waals surface area contributed by atoms with Gasteiger partial charge in [-0.2, -0.15) is 0 Å². The van der Waals surface area contributed by atoms with Crippen LogP contribution < -0.4 is 4.74 Å². The summed E-state index contributed by atoms with van der Waals surface area (Å²) in [5.41, 5.74) is 4.18. The molecule has 2 aromatic rings. The predicted molar refractivity (Wildman–Crippen MR) is 81.7 cm³/mol. The van der Waals surface area contributed by atoms with E-state index in [1.807, 2.05) is 31.5 Å². The van der Waals surface area contributed by atoms with Crippen LogP contribution in [0.2, 0.25) is 0 Å².